The number of anilines is 1. The molecule has 1 aliphatic rings. The Labute approximate surface area is 186 Å². The number of unbranched alkanes of at least 4 members (excludes halogenated alkanes) is 1. The number of aliphatic imine (C=N–C) groups is 1. The second kappa shape index (κ2) is 11.1. The lowest BCUT2D eigenvalue weighted by Crippen LogP contribution is -2.37. The molecule has 1 heterocycles. The van der Waals surface area contributed by atoms with E-state index in [1.54, 1.807) is 6.92 Å². The summed E-state index contributed by atoms with van der Waals surface area (Å²) in [7, 11) is 0. The van der Waals surface area contributed by atoms with E-state index in [2.05, 4.69) is 10.3 Å². The van der Waals surface area contributed by atoms with Crippen molar-refractivity contribution in [3.05, 3.63) is 29.6 Å². The Hall–Kier alpha value is -2.16. The van der Waals surface area contributed by atoms with E-state index in [1.165, 1.54) is 12.1 Å². The molecule has 1 amide bonds. The smallest absolute Gasteiger partial charge is 0.387 e. The fourth-order valence-electron chi connectivity index (χ4n) is 3.90. The maximum Gasteiger partial charge on any atom is 0.400 e. The van der Waals surface area contributed by atoms with Gasteiger partial charge in [0.05, 0.1) is 17.5 Å². The molecule has 0 bridgehead atoms. The molecule has 0 aromatic heterocycles. The highest BCUT2D eigenvalue weighted by molar-refractivity contribution is 5.93. The maximum absolute atomic E-state index is 14.8. The number of nitrogens with two attached hydrogens (primary N) is 1. The number of hydrogen-bond acceptors (Lipinski definition) is 3. The highest BCUT2D eigenvalue weighted by Gasteiger charge is 2.46. The summed E-state index contributed by atoms with van der Waals surface area (Å²) >= 11 is 0. The van der Waals surface area contributed by atoms with Crippen LogP contribution >= 0.6 is 0 Å². The number of hydrogen-bond donors (Lipinski definition) is 2. The van der Waals surface area contributed by atoms with Crippen LogP contribution in [-0.4, -0.2) is 30.6 Å². The van der Waals surface area contributed by atoms with Crippen LogP contribution < -0.4 is 11.1 Å². The number of halogens is 4. The van der Waals surface area contributed by atoms with Crippen LogP contribution in [0.2, 0.25) is 0 Å². The van der Waals surface area contributed by atoms with Crippen molar-refractivity contribution in [1.29, 1.82) is 0 Å². The van der Waals surface area contributed by atoms with Gasteiger partial charge in [-0.25, -0.2) is 4.39 Å². The summed E-state index contributed by atoms with van der Waals surface area (Å²) in [5.74, 6) is -3.59. The van der Waals surface area contributed by atoms with Crippen molar-refractivity contribution < 1.29 is 27.1 Å². The summed E-state index contributed by atoms with van der Waals surface area (Å²) in [6.07, 6.45) is -1.98. The van der Waals surface area contributed by atoms with E-state index in [1.807, 2.05) is 13.8 Å². The molecular formula is C23H33F4N3O2. The Balaban J connectivity index is 2.32. The number of carbonyl (C=O) groups excluding carboxylic acids is 1. The van der Waals surface area contributed by atoms with Gasteiger partial charge in [-0.1, -0.05) is 26.7 Å². The topological polar surface area (TPSA) is 76.7 Å². The van der Waals surface area contributed by atoms with Gasteiger partial charge in [-0.05, 0) is 50.8 Å². The monoisotopic (exact) mass is 459 g/mol. The minimum Gasteiger partial charge on any atom is -0.387 e. The summed E-state index contributed by atoms with van der Waals surface area (Å²) in [6.45, 7) is 5.96. The lowest BCUT2D eigenvalue weighted by molar-refractivity contribution is -0.185. The molecule has 180 valence electrons. The molecule has 3 N–H and O–H groups in total. The third kappa shape index (κ3) is 6.92. The van der Waals surface area contributed by atoms with Gasteiger partial charge in [0.2, 0.25) is 5.91 Å². The van der Waals surface area contributed by atoms with Crippen LogP contribution in [0, 0.1) is 11.7 Å². The molecule has 3 atom stereocenters. The first kappa shape index (κ1) is 26.1. The van der Waals surface area contributed by atoms with Crippen LogP contribution in [0.15, 0.2) is 23.2 Å². The zero-order valence-electron chi connectivity index (χ0n) is 18.9. The first-order valence-electron chi connectivity index (χ1n) is 11.1. The van der Waals surface area contributed by atoms with Crippen molar-refractivity contribution >= 4 is 17.4 Å². The van der Waals surface area contributed by atoms with E-state index in [0.29, 0.717) is 38.1 Å². The third-order valence-corrected chi connectivity index (χ3v) is 5.82. The Bertz CT molecular complexity index is 807. The van der Waals surface area contributed by atoms with Crippen LogP contribution in [0.1, 0.15) is 71.3 Å². The molecule has 0 saturated carbocycles. The van der Waals surface area contributed by atoms with Gasteiger partial charge in [0.15, 0.2) is 0 Å². The van der Waals surface area contributed by atoms with Gasteiger partial charge in [-0.15, -0.1) is 0 Å². The minimum absolute atomic E-state index is 0.0842. The van der Waals surface area contributed by atoms with E-state index < -0.39 is 41.9 Å². The van der Waals surface area contributed by atoms with Crippen LogP contribution in [0.3, 0.4) is 0 Å². The molecule has 3 unspecified atom stereocenters. The molecule has 1 aliphatic heterocycles. The first-order valence-corrected chi connectivity index (χ1v) is 11.1. The average molecular weight is 460 g/mol. The van der Waals surface area contributed by atoms with Crippen molar-refractivity contribution in [2.45, 2.75) is 83.5 Å². The van der Waals surface area contributed by atoms with Crippen molar-refractivity contribution in [2.24, 2.45) is 16.6 Å². The van der Waals surface area contributed by atoms with Crippen LogP contribution in [0.4, 0.5) is 23.2 Å². The fourth-order valence-corrected chi connectivity index (χ4v) is 3.90. The zero-order valence-corrected chi connectivity index (χ0v) is 18.9. The number of ether oxygens (including phenoxy) is 1. The number of benzene rings is 1. The van der Waals surface area contributed by atoms with E-state index in [9.17, 15) is 22.4 Å². The quantitative estimate of drug-likeness (QED) is 0.268. The molecular weight excluding hydrogens is 426 g/mol. The van der Waals surface area contributed by atoms with E-state index in [-0.39, 0.29) is 11.3 Å². The lowest BCUT2D eigenvalue weighted by atomic mass is 9.86. The van der Waals surface area contributed by atoms with Gasteiger partial charge >= 0.3 is 6.18 Å². The lowest BCUT2D eigenvalue weighted by Gasteiger charge is -2.28. The SMILES string of the molecule is CCCCC(C)(N=C(N)CC)c1cc(NC(=O)C(CC2CCCO2)C(F)(F)F)ccc1F. The number of alkyl halides is 3. The molecule has 2 rings (SSSR count). The van der Waals surface area contributed by atoms with Crippen molar-refractivity contribution in [3.8, 4) is 0 Å². The maximum atomic E-state index is 14.8. The molecule has 5 nitrogen and oxygen atoms in total. The van der Waals surface area contributed by atoms with E-state index >= 15 is 0 Å². The van der Waals surface area contributed by atoms with Gasteiger partial charge in [0, 0.05) is 24.3 Å². The Morgan fingerprint density at radius 2 is 2.06 bits per heavy atom. The summed E-state index contributed by atoms with van der Waals surface area (Å²) in [5.41, 5.74) is 5.19. The Kier molecular flexibility index (Phi) is 9.07. The third-order valence-electron chi connectivity index (χ3n) is 5.82. The molecule has 1 saturated heterocycles. The summed E-state index contributed by atoms with van der Waals surface area (Å²) in [4.78, 5) is 17.1. The van der Waals surface area contributed by atoms with Gasteiger partial charge < -0.3 is 15.8 Å². The van der Waals surface area contributed by atoms with Crippen molar-refractivity contribution in [3.63, 3.8) is 0 Å². The van der Waals surface area contributed by atoms with Crippen molar-refractivity contribution in [2.75, 3.05) is 11.9 Å². The highest BCUT2D eigenvalue weighted by Crippen LogP contribution is 2.37. The predicted octanol–water partition coefficient (Wildman–Crippen LogP) is 5.68. The number of carbonyl (C=O) groups is 1. The molecule has 1 aromatic rings. The molecule has 1 aromatic carbocycles. The molecule has 1 fully saturated rings. The van der Waals surface area contributed by atoms with E-state index in [4.69, 9.17) is 10.5 Å². The first-order chi connectivity index (χ1) is 15.0. The zero-order chi connectivity index (χ0) is 23.9. The largest absolute Gasteiger partial charge is 0.400 e. The Morgan fingerprint density at radius 3 is 2.62 bits per heavy atom. The molecule has 0 radical (unpaired) electrons. The van der Waals surface area contributed by atoms with Gasteiger partial charge in [-0.2, -0.15) is 13.2 Å². The van der Waals surface area contributed by atoms with Gasteiger partial charge in [0.25, 0.3) is 0 Å². The average Bonchev–Trinajstić information content (AvgIpc) is 3.24. The Morgan fingerprint density at radius 1 is 1.34 bits per heavy atom. The van der Waals surface area contributed by atoms with Crippen LogP contribution in [-0.2, 0) is 15.1 Å². The molecule has 9 heteroatoms. The molecule has 0 aliphatic carbocycles. The van der Waals surface area contributed by atoms with Gasteiger partial charge in [0.1, 0.15) is 11.7 Å². The molecule has 0 spiro atoms. The second-order valence-electron chi connectivity index (χ2n) is 8.48. The number of amides is 1. The number of rotatable bonds is 10. The summed E-state index contributed by atoms with van der Waals surface area (Å²) in [6, 6.07) is 3.74. The highest BCUT2D eigenvalue weighted by atomic mass is 19.4. The summed E-state index contributed by atoms with van der Waals surface area (Å²) < 4.78 is 60.8. The second-order valence-corrected chi connectivity index (χ2v) is 8.48. The number of amidine groups is 1. The van der Waals surface area contributed by atoms with E-state index in [0.717, 1.165) is 18.9 Å². The molecule has 32 heavy (non-hydrogen) atoms. The fraction of sp³-hybridized carbons (Fsp3) is 0.652. The van der Waals surface area contributed by atoms with Crippen LogP contribution in [0.25, 0.3) is 0 Å². The van der Waals surface area contributed by atoms with Gasteiger partial charge in [-0.3, -0.25) is 9.79 Å². The van der Waals surface area contributed by atoms with Crippen molar-refractivity contribution in [1.82, 2.24) is 0 Å². The normalized spacial score (nSPS) is 20.1. The number of nitrogens with zero attached hydrogens (tertiary/aromatic N) is 1. The minimum atomic E-state index is -4.71. The van der Waals surface area contributed by atoms with Crippen LogP contribution in [0.5, 0.6) is 0 Å². The predicted molar refractivity (Wildman–Crippen MR) is 117 cm³/mol. The summed E-state index contributed by atoms with van der Waals surface area (Å²) in [5, 5.41) is 2.32. The number of nitrogens with one attached hydrogen (secondary N) is 1. The standard InChI is InChI=1S/C23H33F4N3O2/c1-4-6-11-22(3,30-20(28)5-2)17-13-15(9-10-19(17)24)29-21(31)18(23(25,26)27)14-16-8-7-12-32-16/h9-10,13,16,18H,4-8,11-12,14H2,1-3H3,(H2,28,30)(H,29,31).